The van der Waals surface area contributed by atoms with Gasteiger partial charge in [-0.25, -0.2) is 14.6 Å². The number of nitrogens with one attached hydrogen (secondary N) is 3. The van der Waals surface area contributed by atoms with Gasteiger partial charge in [0.15, 0.2) is 0 Å². The zero-order valence-corrected chi connectivity index (χ0v) is 31.6. The van der Waals surface area contributed by atoms with Crippen LogP contribution in [0.25, 0.3) is 11.5 Å². The number of carboxylic acid groups (broad SMARTS) is 1. The van der Waals surface area contributed by atoms with Crippen LogP contribution in [-0.2, 0) is 20.7 Å². The summed E-state index contributed by atoms with van der Waals surface area (Å²) in [5.41, 5.74) is 3.74. The number of rotatable bonds is 14. The fraction of sp³-hybridized carbons (Fsp3) is 0.244. The number of aryl methyl sites for hydroxylation is 1. The van der Waals surface area contributed by atoms with Crippen molar-refractivity contribution in [3.05, 3.63) is 144 Å². The van der Waals surface area contributed by atoms with Gasteiger partial charge in [0.2, 0.25) is 11.8 Å². The minimum atomic E-state index is -1.11. The van der Waals surface area contributed by atoms with E-state index in [1.807, 2.05) is 78.9 Å². The zero-order chi connectivity index (χ0) is 39.6. The number of para-hydroxylation sites is 1. The lowest BCUT2D eigenvalue weighted by atomic mass is 9.84. The van der Waals surface area contributed by atoms with Crippen LogP contribution >= 0.6 is 11.8 Å². The van der Waals surface area contributed by atoms with E-state index < -0.39 is 48.3 Å². The van der Waals surface area contributed by atoms with Crippen LogP contribution in [0.15, 0.2) is 131 Å². The second-order valence-corrected chi connectivity index (χ2v) is 14.1. The standard InChI is InChI=1S/C41H40N8O7S/c1-54-39(51)46-34(33(27-11-4-2-5-12-27)28-13-6-3-7-14-28)37(50)45-31-15-9-8-10-26(31)16-17-30-24-49(41(52)53)35(36-43-22-23-44-36)32(55-30)25-57-40-48-47-38(56-40)29-18-20-42-21-19-29/h2-15,18-23,30,32-35H,16-17,24-25H2,1H3,(H,43,44)(H,45,50)(H,46,51)(H,52,53)/t30-,32-,34+,35+/m1/s1. The van der Waals surface area contributed by atoms with Crippen LogP contribution in [0.2, 0.25) is 0 Å². The summed E-state index contributed by atoms with van der Waals surface area (Å²) in [7, 11) is 1.25. The van der Waals surface area contributed by atoms with E-state index in [2.05, 4.69) is 35.8 Å². The summed E-state index contributed by atoms with van der Waals surface area (Å²) in [5, 5.41) is 24.9. The zero-order valence-electron chi connectivity index (χ0n) is 30.8. The summed E-state index contributed by atoms with van der Waals surface area (Å²) < 4.78 is 17.5. The summed E-state index contributed by atoms with van der Waals surface area (Å²) in [4.78, 5) is 52.5. The molecule has 292 valence electrons. The number of amides is 3. The number of thioether (sulfide) groups is 1. The van der Waals surface area contributed by atoms with Crippen molar-refractivity contribution in [1.82, 2.24) is 35.4 Å². The number of benzene rings is 3. The van der Waals surface area contributed by atoms with Gasteiger partial charge in [0, 0.05) is 47.7 Å². The summed E-state index contributed by atoms with van der Waals surface area (Å²) in [6.07, 6.45) is 4.35. The molecule has 4 N–H and O–H groups in total. The van der Waals surface area contributed by atoms with Crippen LogP contribution in [0, 0.1) is 0 Å². The third-order valence-corrected chi connectivity index (χ3v) is 10.5. The first-order valence-electron chi connectivity index (χ1n) is 18.2. The van der Waals surface area contributed by atoms with Gasteiger partial charge in [0.25, 0.3) is 5.22 Å². The number of aromatic nitrogens is 5. The lowest BCUT2D eigenvalue weighted by Crippen LogP contribution is -2.53. The first kappa shape index (κ1) is 38.7. The molecule has 57 heavy (non-hydrogen) atoms. The second kappa shape index (κ2) is 18.4. The quantitative estimate of drug-likeness (QED) is 0.0869. The molecule has 4 heterocycles. The molecule has 1 saturated heterocycles. The van der Waals surface area contributed by atoms with Crippen molar-refractivity contribution in [3.63, 3.8) is 0 Å². The first-order chi connectivity index (χ1) is 27.9. The molecule has 0 radical (unpaired) electrons. The van der Waals surface area contributed by atoms with Crippen molar-refractivity contribution in [2.45, 2.75) is 48.3 Å². The van der Waals surface area contributed by atoms with Crippen molar-refractivity contribution in [2.75, 3.05) is 24.7 Å². The van der Waals surface area contributed by atoms with Crippen LogP contribution in [0.1, 0.15) is 40.9 Å². The van der Waals surface area contributed by atoms with Crippen LogP contribution in [-0.4, -0.2) is 90.9 Å². The van der Waals surface area contributed by atoms with Gasteiger partial charge in [-0.1, -0.05) is 90.6 Å². The lowest BCUT2D eigenvalue weighted by Gasteiger charge is -2.42. The van der Waals surface area contributed by atoms with Gasteiger partial charge < -0.3 is 34.6 Å². The number of morpholine rings is 1. The van der Waals surface area contributed by atoms with Crippen molar-refractivity contribution >= 4 is 35.5 Å². The van der Waals surface area contributed by atoms with Gasteiger partial charge in [-0.3, -0.25) is 14.7 Å². The number of hydrogen-bond acceptors (Lipinski definition) is 11. The Morgan fingerprint density at radius 1 is 0.947 bits per heavy atom. The Hall–Kier alpha value is -6.52. The highest BCUT2D eigenvalue weighted by molar-refractivity contribution is 7.99. The number of nitrogens with zero attached hydrogens (tertiary/aromatic N) is 5. The van der Waals surface area contributed by atoms with E-state index in [0.717, 1.165) is 22.3 Å². The number of anilines is 1. The molecule has 4 atom stereocenters. The van der Waals surface area contributed by atoms with Crippen molar-refractivity contribution in [1.29, 1.82) is 0 Å². The number of hydrogen-bond donors (Lipinski definition) is 4. The Labute approximate surface area is 332 Å². The largest absolute Gasteiger partial charge is 0.465 e. The molecule has 0 saturated carbocycles. The predicted octanol–water partition coefficient (Wildman–Crippen LogP) is 6.56. The van der Waals surface area contributed by atoms with Crippen LogP contribution in [0.3, 0.4) is 0 Å². The Morgan fingerprint density at radius 2 is 1.65 bits per heavy atom. The molecule has 0 bridgehead atoms. The smallest absolute Gasteiger partial charge is 0.408 e. The second-order valence-electron chi connectivity index (χ2n) is 13.2. The summed E-state index contributed by atoms with van der Waals surface area (Å²) in [6, 6.07) is 28.1. The number of ether oxygens (including phenoxy) is 2. The number of alkyl carbamates (subject to hydrolysis) is 1. The third-order valence-electron chi connectivity index (χ3n) is 9.61. The molecule has 1 fully saturated rings. The number of pyridine rings is 1. The first-order valence-corrected chi connectivity index (χ1v) is 19.2. The van der Waals surface area contributed by atoms with Crippen molar-refractivity contribution < 1.29 is 33.4 Å². The molecule has 16 heteroatoms. The maximum absolute atomic E-state index is 14.3. The van der Waals surface area contributed by atoms with Gasteiger partial charge in [-0.2, -0.15) is 0 Å². The van der Waals surface area contributed by atoms with Crippen LogP contribution in [0.4, 0.5) is 15.3 Å². The van der Waals surface area contributed by atoms with Crippen molar-refractivity contribution in [3.8, 4) is 11.5 Å². The summed E-state index contributed by atoms with van der Waals surface area (Å²) in [5.74, 6) is 0.0999. The number of aromatic amines is 1. The number of methoxy groups -OCH3 is 1. The topological polar surface area (TPSA) is 198 Å². The Bertz CT molecular complexity index is 2190. The Morgan fingerprint density at radius 3 is 2.32 bits per heavy atom. The normalized spacial score (nSPS) is 17.2. The average molecular weight is 789 g/mol. The third kappa shape index (κ3) is 9.48. The number of H-pyrrole nitrogens is 1. The Kier molecular flexibility index (Phi) is 12.5. The minimum Gasteiger partial charge on any atom is -0.465 e. The molecule has 3 amide bonds. The molecule has 3 aromatic heterocycles. The van der Waals surface area contributed by atoms with E-state index in [9.17, 15) is 19.5 Å². The molecule has 0 unspecified atom stereocenters. The van der Waals surface area contributed by atoms with Gasteiger partial charge >= 0.3 is 12.2 Å². The maximum Gasteiger partial charge on any atom is 0.408 e. The van der Waals surface area contributed by atoms with Gasteiger partial charge in [0.05, 0.1) is 25.9 Å². The van der Waals surface area contributed by atoms with Crippen LogP contribution < -0.4 is 10.6 Å². The number of carbonyl (C=O) groups is 3. The van der Waals surface area contributed by atoms with Gasteiger partial charge in [-0.15, -0.1) is 10.2 Å². The fourth-order valence-electron chi connectivity index (χ4n) is 6.95. The molecule has 1 aliphatic rings. The molecular weight excluding hydrogens is 749 g/mol. The molecule has 15 nitrogen and oxygen atoms in total. The average Bonchev–Trinajstić information content (AvgIpc) is 3.97. The lowest BCUT2D eigenvalue weighted by molar-refractivity contribution is -0.118. The van der Waals surface area contributed by atoms with Gasteiger partial charge in [0.1, 0.15) is 17.9 Å². The molecule has 0 spiro atoms. The van der Waals surface area contributed by atoms with E-state index in [0.29, 0.717) is 35.5 Å². The number of carbonyl (C=O) groups excluding carboxylic acids is 2. The molecule has 3 aromatic carbocycles. The summed E-state index contributed by atoms with van der Waals surface area (Å²) >= 11 is 1.26. The van der Waals surface area contributed by atoms with Crippen molar-refractivity contribution in [2.24, 2.45) is 0 Å². The van der Waals surface area contributed by atoms with E-state index in [1.54, 1.807) is 43.0 Å². The van der Waals surface area contributed by atoms with E-state index in [4.69, 9.17) is 13.9 Å². The predicted molar refractivity (Wildman–Crippen MR) is 210 cm³/mol. The molecule has 1 aliphatic heterocycles. The molecule has 7 rings (SSSR count). The van der Waals surface area contributed by atoms with Gasteiger partial charge in [-0.05, 0) is 47.7 Å². The Balaban J connectivity index is 1.09. The minimum absolute atomic E-state index is 0.0874. The van der Waals surface area contributed by atoms with E-state index in [1.165, 1.54) is 23.8 Å². The molecule has 6 aromatic rings. The summed E-state index contributed by atoms with van der Waals surface area (Å²) in [6.45, 7) is 0.0874. The SMILES string of the molecule is COC(=O)N[C@H](C(=O)Nc1ccccc1CC[C@@H]1CN(C(=O)O)[C@H](c2ncc[nH]2)[C@@H](CSc2nnc(-c3ccncc3)o2)O1)C(c1ccccc1)c1ccccc1. The highest BCUT2D eigenvalue weighted by Crippen LogP contribution is 2.36. The molecule has 0 aliphatic carbocycles. The van der Waals surface area contributed by atoms with Crippen LogP contribution in [0.5, 0.6) is 0 Å². The fourth-order valence-corrected chi connectivity index (χ4v) is 7.76. The van der Waals surface area contributed by atoms with E-state index in [-0.39, 0.29) is 12.3 Å². The maximum atomic E-state index is 14.3. The number of imidazole rings is 1. The van der Waals surface area contributed by atoms with E-state index >= 15 is 0 Å². The molecular formula is C41H40N8O7S. The highest BCUT2D eigenvalue weighted by Gasteiger charge is 2.42. The monoisotopic (exact) mass is 788 g/mol. The highest BCUT2D eigenvalue weighted by atomic mass is 32.2.